The van der Waals surface area contributed by atoms with Crippen molar-refractivity contribution in [3.63, 3.8) is 0 Å². The van der Waals surface area contributed by atoms with E-state index in [2.05, 4.69) is 30.4 Å². The topological polar surface area (TPSA) is 84.3 Å². The van der Waals surface area contributed by atoms with Crippen molar-refractivity contribution in [1.82, 2.24) is 29.7 Å². The average Bonchev–Trinajstić information content (AvgIpc) is 3.45. The Morgan fingerprint density at radius 1 is 1.03 bits per heavy atom. The van der Waals surface area contributed by atoms with Gasteiger partial charge in [0.05, 0.1) is 5.02 Å². The molecule has 0 saturated carbocycles. The van der Waals surface area contributed by atoms with Gasteiger partial charge in [-0.05, 0) is 36.4 Å². The quantitative estimate of drug-likeness (QED) is 0.324. The van der Waals surface area contributed by atoms with Gasteiger partial charge in [0.15, 0.2) is 11.5 Å². The number of alkyl halides is 3. The highest BCUT2D eigenvalue weighted by molar-refractivity contribution is 6.31. The van der Waals surface area contributed by atoms with Gasteiger partial charge in [0, 0.05) is 47.0 Å². The second-order valence-corrected chi connectivity index (χ2v) is 7.37. The minimum absolute atomic E-state index is 0.0520. The second-order valence-electron chi connectivity index (χ2n) is 6.97. The lowest BCUT2D eigenvalue weighted by Crippen LogP contribution is -2.10. The van der Waals surface area contributed by atoms with Crippen LogP contribution in [0.5, 0.6) is 0 Å². The fraction of sp³-hybridized carbons (Fsp3) is 0.0476. The second kappa shape index (κ2) is 7.85. The number of fused-ring (bicyclic) bond motifs is 1. The molecular formula is C21H12ClF4N7. The summed E-state index contributed by atoms with van der Waals surface area (Å²) in [4.78, 5) is 15.9. The molecule has 0 atom stereocenters. The lowest BCUT2D eigenvalue weighted by atomic mass is 10.1. The lowest BCUT2D eigenvalue weighted by Gasteiger charge is -2.12. The van der Waals surface area contributed by atoms with Gasteiger partial charge in [-0.2, -0.15) is 23.3 Å². The van der Waals surface area contributed by atoms with Gasteiger partial charge >= 0.3 is 6.18 Å². The van der Waals surface area contributed by atoms with E-state index in [1.165, 1.54) is 24.4 Å². The van der Waals surface area contributed by atoms with E-state index in [-0.39, 0.29) is 16.8 Å². The molecule has 0 saturated heterocycles. The van der Waals surface area contributed by atoms with Crippen LogP contribution in [0.25, 0.3) is 28.0 Å². The van der Waals surface area contributed by atoms with Crippen LogP contribution in [0.15, 0.2) is 61.2 Å². The molecule has 0 spiro atoms. The maximum Gasteiger partial charge on any atom is 0.435 e. The van der Waals surface area contributed by atoms with Crippen molar-refractivity contribution >= 4 is 34.3 Å². The van der Waals surface area contributed by atoms with Gasteiger partial charge in [0.2, 0.25) is 5.95 Å². The zero-order valence-corrected chi connectivity index (χ0v) is 17.2. The number of anilines is 2. The molecule has 5 rings (SSSR count). The molecule has 0 bridgehead atoms. The molecule has 0 unspecified atom stereocenters. The smallest absolute Gasteiger partial charge is 0.346 e. The summed E-state index contributed by atoms with van der Waals surface area (Å²) < 4.78 is 53.9. The van der Waals surface area contributed by atoms with Crippen molar-refractivity contribution in [2.24, 2.45) is 0 Å². The maximum atomic E-state index is 13.4. The first-order valence-corrected chi connectivity index (χ1v) is 9.81. The van der Waals surface area contributed by atoms with E-state index < -0.39 is 17.7 Å². The minimum Gasteiger partial charge on any atom is -0.346 e. The van der Waals surface area contributed by atoms with Crippen molar-refractivity contribution in [3.8, 4) is 16.9 Å². The van der Waals surface area contributed by atoms with Gasteiger partial charge in [-0.1, -0.05) is 11.6 Å². The number of aromatic amines is 1. The number of rotatable bonds is 4. The molecule has 0 aliphatic heterocycles. The Labute approximate surface area is 188 Å². The number of nitrogens with zero attached hydrogens (tertiary/aromatic N) is 5. The number of hydrogen-bond acceptors (Lipinski definition) is 5. The average molecular weight is 474 g/mol. The van der Waals surface area contributed by atoms with Crippen LogP contribution in [-0.2, 0) is 6.18 Å². The monoisotopic (exact) mass is 473 g/mol. The summed E-state index contributed by atoms with van der Waals surface area (Å²) in [6, 6.07) is 8.41. The highest BCUT2D eigenvalue weighted by Gasteiger charge is 2.34. The predicted molar refractivity (Wildman–Crippen MR) is 114 cm³/mol. The first kappa shape index (κ1) is 20.9. The highest BCUT2D eigenvalue weighted by Crippen LogP contribution is 2.31. The fourth-order valence-corrected chi connectivity index (χ4v) is 3.38. The van der Waals surface area contributed by atoms with Crippen LogP contribution in [0.1, 0.15) is 5.69 Å². The Morgan fingerprint density at radius 2 is 1.88 bits per heavy atom. The Bertz CT molecular complexity index is 1480. The van der Waals surface area contributed by atoms with Crippen LogP contribution in [-0.4, -0.2) is 29.7 Å². The Hall–Kier alpha value is -3.99. The van der Waals surface area contributed by atoms with Crippen molar-refractivity contribution < 1.29 is 17.6 Å². The molecule has 0 amide bonds. The Kier molecular flexibility index (Phi) is 4.97. The molecule has 5 aromatic rings. The van der Waals surface area contributed by atoms with Gasteiger partial charge in [-0.3, -0.25) is 0 Å². The molecular weight excluding hydrogens is 462 g/mol. The van der Waals surface area contributed by atoms with E-state index in [1.807, 2.05) is 12.1 Å². The van der Waals surface area contributed by atoms with Crippen LogP contribution in [0.3, 0.4) is 0 Å². The summed E-state index contributed by atoms with van der Waals surface area (Å²) in [5.74, 6) is -0.452. The third-order valence-electron chi connectivity index (χ3n) is 4.75. The summed E-state index contributed by atoms with van der Waals surface area (Å²) in [6.45, 7) is 0. The summed E-state index contributed by atoms with van der Waals surface area (Å²) in [7, 11) is 0. The summed E-state index contributed by atoms with van der Waals surface area (Å²) >= 11 is 5.81. The molecule has 1 aromatic carbocycles. The van der Waals surface area contributed by atoms with Crippen molar-refractivity contribution in [2.45, 2.75) is 6.18 Å². The number of pyridine rings is 1. The van der Waals surface area contributed by atoms with E-state index >= 15 is 0 Å². The van der Waals surface area contributed by atoms with Crippen molar-refractivity contribution in [2.75, 3.05) is 5.32 Å². The number of halogens is 5. The molecule has 0 fully saturated rings. The van der Waals surface area contributed by atoms with Crippen LogP contribution in [0.2, 0.25) is 5.02 Å². The van der Waals surface area contributed by atoms with Crippen molar-refractivity contribution in [1.29, 1.82) is 0 Å². The molecule has 4 aromatic heterocycles. The third-order valence-corrected chi connectivity index (χ3v) is 5.04. The van der Waals surface area contributed by atoms with Crippen LogP contribution in [0.4, 0.5) is 29.2 Å². The van der Waals surface area contributed by atoms with Gasteiger partial charge in [-0.25, -0.2) is 19.0 Å². The van der Waals surface area contributed by atoms with E-state index in [0.29, 0.717) is 22.5 Å². The standard InChI is InChI=1S/C21H12ClF4N7/c22-15-8-13(1-2-16(15)23)30-20-29-10-14(12-7-11-3-5-27-18(11)28-9-12)19(31-20)33-6-4-17(32-33)21(24,25)26/h1-10H,(H,27,28)(H,29,30,31). The molecule has 0 aliphatic rings. The van der Waals surface area contributed by atoms with Crippen LogP contribution in [0, 0.1) is 5.82 Å². The highest BCUT2D eigenvalue weighted by atomic mass is 35.5. The molecule has 4 heterocycles. The zero-order chi connectivity index (χ0) is 23.2. The van der Waals surface area contributed by atoms with Gasteiger partial charge in [0.1, 0.15) is 11.5 Å². The number of benzene rings is 1. The molecule has 33 heavy (non-hydrogen) atoms. The largest absolute Gasteiger partial charge is 0.435 e. The van der Waals surface area contributed by atoms with E-state index in [9.17, 15) is 17.6 Å². The van der Waals surface area contributed by atoms with Gasteiger partial charge < -0.3 is 10.3 Å². The van der Waals surface area contributed by atoms with E-state index in [1.54, 1.807) is 12.4 Å². The molecule has 166 valence electrons. The zero-order valence-electron chi connectivity index (χ0n) is 16.4. The Morgan fingerprint density at radius 3 is 2.64 bits per heavy atom. The van der Waals surface area contributed by atoms with Gasteiger partial charge in [0.25, 0.3) is 0 Å². The SMILES string of the molecule is Fc1ccc(Nc2ncc(-c3cnc4[nH]ccc4c3)c(-n3ccc(C(F)(F)F)n3)n2)cc1Cl. The van der Waals surface area contributed by atoms with E-state index in [0.717, 1.165) is 22.3 Å². The number of nitrogens with one attached hydrogen (secondary N) is 2. The summed E-state index contributed by atoms with van der Waals surface area (Å²) in [5, 5.41) is 7.20. The molecule has 7 nitrogen and oxygen atoms in total. The number of H-pyrrole nitrogens is 1. The Balaban J connectivity index is 1.61. The maximum absolute atomic E-state index is 13.4. The van der Waals surface area contributed by atoms with Crippen LogP contribution < -0.4 is 5.32 Å². The normalized spacial score (nSPS) is 11.8. The predicted octanol–water partition coefficient (Wildman–Crippen LogP) is 5.76. The van der Waals surface area contributed by atoms with Crippen LogP contribution >= 0.6 is 11.6 Å². The summed E-state index contributed by atoms with van der Waals surface area (Å²) in [6.07, 6.45) is 1.27. The third kappa shape index (κ3) is 4.10. The minimum atomic E-state index is -4.62. The van der Waals surface area contributed by atoms with E-state index in [4.69, 9.17) is 11.6 Å². The van der Waals surface area contributed by atoms with Crippen molar-refractivity contribution in [3.05, 3.63) is 77.7 Å². The fourth-order valence-electron chi connectivity index (χ4n) is 3.19. The summed E-state index contributed by atoms with van der Waals surface area (Å²) in [5.41, 5.74) is 0.979. The first-order chi connectivity index (χ1) is 15.8. The first-order valence-electron chi connectivity index (χ1n) is 9.44. The number of hydrogen-bond donors (Lipinski definition) is 2. The lowest BCUT2D eigenvalue weighted by molar-refractivity contribution is -0.141. The molecule has 2 N–H and O–H groups in total. The molecule has 12 heteroatoms. The van der Waals surface area contributed by atoms with Gasteiger partial charge in [-0.15, -0.1) is 0 Å². The number of aromatic nitrogens is 6. The molecule has 0 radical (unpaired) electrons. The molecule has 0 aliphatic carbocycles.